The number of nitrogens with one attached hydrogen (secondary N) is 1. The normalized spacial score (nSPS) is 13.4. The number of aromatic amines is 1. The quantitative estimate of drug-likeness (QED) is 0.430. The van der Waals surface area contributed by atoms with Crippen molar-refractivity contribution in [3.8, 4) is 0 Å². The number of pyridine rings is 1. The fourth-order valence-electron chi connectivity index (χ4n) is 4.28. The summed E-state index contributed by atoms with van der Waals surface area (Å²) in [5.74, 6) is -0.921. The highest BCUT2D eigenvalue weighted by molar-refractivity contribution is 6.05. The summed E-state index contributed by atoms with van der Waals surface area (Å²) in [7, 11) is 0. The lowest BCUT2D eigenvalue weighted by Crippen LogP contribution is -2.24. The van der Waals surface area contributed by atoms with Crippen LogP contribution < -0.4 is 4.90 Å². The molecule has 172 valence electrons. The number of ether oxygens (including phenoxy) is 2. The van der Waals surface area contributed by atoms with Crippen LogP contribution in [-0.4, -0.2) is 54.0 Å². The lowest BCUT2D eigenvalue weighted by Gasteiger charge is -2.20. The van der Waals surface area contributed by atoms with E-state index in [1.807, 2.05) is 24.3 Å². The van der Waals surface area contributed by atoms with Crippen molar-refractivity contribution in [2.75, 3.05) is 31.2 Å². The van der Waals surface area contributed by atoms with E-state index in [4.69, 9.17) is 14.5 Å². The second-order valence-corrected chi connectivity index (χ2v) is 8.09. The summed E-state index contributed by atoms with van der Waals surface area (Å²) in [6.45, 7) is 6.52. The van der Waals surface area contributed by atoms with Crippen LogP contribution in [-0.2, 0) is 9.47 Å². The largest absolute Gasteiger partial charge is 0.461 e. The Bertz CT molecular complexity index is 1220. The van der Waals surface area contributed by atoms with Crippen LogP contribution >= 0.6 is 0 Å². The number of ketones is 1. The summed E-state index contributed by atoms with van der Waals surface area (Å²) in [4.78, 5) is 47.8. The summed E-state index contributed by atoms with van der Waals surface area (Å²) < 4.78 is 10.5. The van der Waals surface area contributed by atoms with Crippen LogP contribution in [0.1, 0.15) is 62.2 Å². The van der Waals surface area contributed by atoms with Gasteiger partial charge < -0.3 is 19.4 Å². The molecule has 0 radical (unpaired) electrons. The van der Waals surface area contributed by atoms with Crippen LogP contribution in [0.5, 0.6) is 0 Å². The molecule has 3 aromatic rings. The number of rotatable bonds is 7. The Morgan fingerprint density at radius 1 is 1.06 bits per heavy atom. The predicted molar refractivity (Wildman–Crippen MR) is 124 cm³/mol. The number of aryl methyl sites for hydroxylation is 1. The maximum atomic E-state index is 13.0. The molecule has 1 saturated heterocycles. The van der Waals surface area contributed by atoms with Gasteiger partial charge in [0.05, 0.1) is 12.1 Å². The Balaban J connectivity index is 1.56. The molecule has 0 amide bonds. The average Bonchev–Trinajstić information content (AvgIpc) is 3.44. The Kier molecular flexibility index (Phi) is 6.44. The summed E-state index contributed by atoms with van der Waals surface area (Å²) >= 11 is 0. The fourth-order valence-corrected chi connectivity index (χ4v) is 4.28. The van der Waals surface area contributed by atoms with Gasteiger partial charge in [0.1, 0.15) is 17.1 Å². The maximum Gasteiger partial charge on any atom is 0.355 e. The van der Waals surface area contributed by atoms with Gasteiger partial charge in [0.15, 0.2) is 6.61 Å². The van der Waals surface area contributed by atoms with E-state index < -0.39 is 18.5 Å². The minimum atomic E-state index is -0.597. The fraction of sp³-hybridized carbons (Fsp3) is 0.360. The zero-order valence-electron chi connectivity index (χ0n) is 19.1. The van der Waals surface area contributed by atoms with Gasteiger partial charge in [0, 0.05) is 29.7 Å². The Hall–Kier alpha value is -3.68. The van der Waals surface area contributed by atoms with Gasteiger partial charge >= 0.3 is 11.9 Å². The minimum Gasteiger partial charge on any atom is -0.461 e. The third kappa shape index (κ3) is 4.46. The number of nitrogens with zero attached hydrogens (tertiary/aromatic N) is 2. The SMILES string of the molecule is CCOC(=O)c1[nH]c(C)c(C(=O)COC(=O)c2cc3ccccc3nc2N2CCCC2)c1C. The molecule has 3 heterocycles. The molecule has 1 aromatic carbocycles. The molecule has 0 saturated carbocycles. The Labute approximate surface area is 191 Å². The molecule has 8 nitrogen and oxygen atoms in total. The van der Waals surface area contributed by atoms with Gasteiger partial charge in [0.2, 0.25) is 5.78 Å². The molecule has 33 heavy (non-hydrogen) atoms. The van der Waals surface area contributed by atoms with Crippen LogP contribution in [0.25, 0.3) is 10.9 Å². The number of hydrogen-bond donors (Lipinski definition) is 1. The van der Waals surface area contributed by atoms with Crippen molar-refractivity contribution < 1.29 is 23.9 Å². The van der Waals surface area contributed by atoms with Gasteiger partial charge in [-0.15, -0.1) is 0 Å². The van der Waals surface area contributed by atoms with E-state index in [-0.39, 0.29) is 18.1 Å². The number of Topliss-reactive ketones (excluding diaryl/α,β-unsaturated/α-hetero) is 1. The van der Waals surface area contributed by atoms with E-state index in [1.165, 1.54) is 0 Å². The smallest absolute Gasteiger partial charge is 0.355 e. The molecule has 1 aliphatic heterocycles. The van der Waals surface area contributed by atoms with E-state index in [9.17, 15) is 14.4 Å². The number of carbonyl (C=O) groups is 3. The standard InChI is InChI=1S/C25H27N3O5/c1-4-32-25(31)22-15(2)21(16(3)26-22)20(29)14-33-24(30)18-13-17-9-5-6-10-19(17)27-23(18)28-11-7-8-12-28/h5-6,9-10,13,26H,4,7-8,11-12,14H2,1-3H3. The zero-order valence-corrected chi connectivity index (χ0v) is 19.1. The predicted octanol–water partition coefficient (Wildman–Crippen LogP) is 4.00. The Morgan fingerprint density at radius 2 is 1.79 bits per heavy atom. The molecule has 1 N–H and O–H groups in total. The topological polar surface area (TPSA) is 102 Å². The summed E-state index contributed by atoms with van der Waals surface area (Å²) in [6.07, 6.45) is 2.08. The summed E-state index contributed by atoms with van der Waals surface area (Å²) in [5.41, 5.74) is 2.73. The second kappa shape index (κ2) is 9.44. The number of esters is 2. The van der Waals surface area contributed by atoms with Crippen LogP contribution in [0, 0.1) is 13.8 Å². The molecule has 1 aliphatic rings. The molecular weight excluding hydrogens is 422 g/mol. The second-order valence-electron chi connectivity index (χ2n) is 8.09. The molecule has 0 atom stereocenters. The number of hydrogen-bond acceptors (Lipinski definition) is 7. The van der Waals surface area contributed by atoms with E-state index in [0.717, 1.165) is 36.8 Å². The highest BCUT2D eigenvalue weighted by atomic mass is 16.5. The molecule has 8 heteroatoms. The highest BCUT2D eigenvalue weighted by Gasteiger charge is 2.26. The molecule has 0 unspecified atom stereocenters. The van der Waals surface area contributed by atoms with Gasteiger partial charge in [-0.2, -0.15) is 0 Å². The number of para-hydroxylation sites is 1. The lowest BCUT2D eigenvalue weighted by atomic mass is 10.1. The van der Waals surface area contributed by atoms with Crippen molar-refractivity contribution in [3.05, 3.63) is 58.4 Å². The minimum absolute atomic E-state index is 0.233. The monoisotopic (exact) mass is 449 g/mol. The van der Waals surface area contributed by atoms with E-state index in [2.05, 4.69) is 9.88 Å². The van der Waals surface area contributed by atoms with E-state index >= 15 is 0 Å². The first kappa shape index (κ1) is 22.5. The van der Waals surface area contributed by atoms with Crippen LogP contribution in [0.2, 0.25) is 0 Å². The summed E-state index contributed by atoms with van der Waals surface area (Å²) in [6, 6.07) is 9.37. The van der Waals surface area contributed by atoms with Gasteiger partial charge in [-0.1, -0.05) is 18.2 Å². The Morgan fingerprint density at radius 3 is 2.52 bits per heavy atom. The molecule has 1 fully saturated rings. The van der Waals surface area contributed by atoms with Gasteiger partial charge in [-0.3, -0.25) is 4.79 Å². The summed E-state index contributed by atoms with van der Waals surface area (Å²) in [5, 5.41) is 0.829. The average molecular weight is 450 g/mol. The van der Waals surface area contributed by atoms with Crippen molar-refractivity contribution in [2.24, 2.45) is 0 Å². The van der Waals surface area contributed by atoms with Crippen molar-refractivity contribution in [1.29, 1.82) is 0 Å². The third-order valence-corrected chi connectivity index (χ3v) is 5.86. The van der Waals surface area contributed by atoms with Crippen molar-refractivity contribution in [2.45, 2.75) is 33.6 Å². The first-order chi connectivity index (χ1) is 15.9. The van der Waals surface area contributed by atoms with Crippen LogP contribution in [0.3, 0.4) is 0 Å². The van der Waals surface area contributed by atoms with Gasteiger partial charge in [-0.25, -0.2) is 14.6 Å². The molecule has 2 aromatic heterocycles. The third-order valence-electron chi connectivity index (χ3n) is 5.86. The maximum absolute atomic E-state index is 13.0. The number of fused-ring (bicyclic) bond motifs is 1. The molecule has 4 rings (SSSR count). The molecule has 0 aliphatic carbocycles. The van der Waals surface area contributed by atoms with Gasteiger partial charge in [-0.05, 0) is 51.3 Å². The first-order valence-corrected chi connectivity index (χ1v) is 11.1. The molecule has 0 bridgehead atoms. The first-order valence-electron chi connectivity index (χ1n) is 11.1. The molecule has 0 spiro atoms. The number of H-pyrrole nitrogens is 1. The van der Waals surface area contributed by atoms with E-state index in [0.29, 0.717) is 28.2 Å². The van der Waals surface area contributed by atoms with Crippen molar-refractivity contribution >= 4 is 34.4 Å². The lowest BCUT2D eigenvalue weighted by molar-refractivity contribution is 0.0473. The van der Waals surface area contributed by atoms with E-state index in [1.54, 1.807) is 26.8 Å². The van der Waals surface area contributed by atoms with Gasteiger partial charge in [0.25, 0.3) is 0 Å². The number of aromatic nitrogens is 2. The number of anilines is 1. The van der Waals surface area contributed by atoms with Crippen LogP contribution in [0.4, 0.5) is 5.82 Å². The zero-order chi connectivity index (χ0) is 23.5. The number of benzene rings is 1. The molecular formula is C25H27N3O5. The van der Waals surface area contributed by atoms with Crippen molar-refractivity contribution in [3.63, 3.8) is 0 Å². The van der Waals surface area contributed by atoms with Crippen LogP contribution in [0.15, 0.2) is 30.3 Å². The number of carbonyl (C=O) groups excluding carboxylic acids is 3. The van der Waals surface area contributed by atoms with Crippen molar-refractivity contribution in [1.82, 2.24) is 9.97 Å². The highest BCUT2D eigenvalue weighted by Crippen LogP contribution is 2.27.